The Morgan fingerprint density at radius 1 is 1.58 bits per heavy atom. The predicted molar refractivity (Wildman–Crippen MR) is 50.9 cm³/mol. The van der Waals surface area contributed by atoms with Crippen LogP contribution in [0.15, 0.2) is 17.5 Å². The summed E-state index contributed by atoms with van der Waals surface area (Å²) in [7, 11) is 0. The van der Waals surface area contributed by atoms with Crippen molar-refractivity contribution in [3.05, 3.63) is 22.4 Å². The monoisotopic (exact) mass is 180 g/mol. The van der Waals surface area contributed by atoms with E-state index in [0.717, 1.165) is 0 Å². The smallest absolute Gasteiger partial charge is 0.0929 e. The van der Waals surface area contributed by atoms with Gasteiger partial charge >= 0.3 is 0 Å². The number of hydrogen-bond acceptors (Lipinski definition) is 3. The largest absolute Gasteiger partial charge is 0.295 e. The molecule has 1 heterocycles. The van der Waals surface area contributed by atoms with Crippen LogP contribution in [-0.2, 0) is 0 Å². The fourth-order valence-electron chi connectivity index (χ4n) is 1.03. The molecule has 0 saturated heterocycles. The molecule has 0 saturated carbocycles. The molecule has 0 radical (unpaired) electrons. The summed E-state index contributed by atoms with van der Waals surface area (Å²) in [5.41, 5.74) is 0. The van der Waals surface area contributed by atoms with Crippen LogP contribution in [0, 0.1) is 11.3 Å². The van der Waals surface area contributed by atoms with E-state index in [1.807, 2.05) is 18.4 Å². The Bertz CT molecular complexity index is 261. The van der Waals surface area contributed by atoms with E-state index in [9.17, 15) is 0 Å². The van der Waals surface area contributed by atoms with Crippen LogP contribution < -0.4 is 5.32 Å². The summed E-state index contributed by atoms with van der Waals surface area (Å²) in [5.74, 6) is 0. The molecule has 2 nitrogen and oxygen atoms in total. The number of nitriles is 1. The van der Waals surface area contributed by atoms with Crippen molar-refractivity contribution in [2.75, 3.05) is 0 Å². The summed E-state index contributed by atoms with van der Waals surface area (Å²) in [6.07, 6.45) is 0. The van der Waals surface area contributed by atoms with Crippen LogP contribution in [0.2, 0.25) is 0 Å². The van der Waals surface area contributed by atoms with Gasteiger partial charge in [-0.25, -0.2) is 0 Å². The topological polar surface area (TPSA) is 35.8 Å². The molecule has 64 valence electrons. The molecule has 1 aromatic heterocycles. The van der Waals surface area contributed by atoms with Crippen molar-refractivity contribution in [3.8, 4) is 6.07 Å². The van der Waals surface area contributed by atoms with Gasteiger partial charge in [-0.1, -0.05) is 6.07 Å². The van der Waals surface area contributed by atoms with Gasteiger partial charge in [0.25, 0.3) is 0 Å². The normalized spacial score (nSPS) is 15.1. The Morgan fingerprint density at radius 2 is 2.33 bits per heavy atom. The molecule has 1 N–H and O–H groups in total. The van der Waals surface area contributed by atoms with E-state index in [4.69, 9.17) is 5.26 Å². The van der Waals surface area contributed by atoms with Gasteiger partial charge in [0.05, 0.1) is 12.1 Å². The average Bonchev–Trinajstić information content (AvgIpc) is 2.56. The molecule has 0 spiro atoms. The predicted octanol–water partition coefficient (Wildman–Crippen LogP) is 2.31. The molecule has 0 aliphatic rings. The lowest BCUT2D eigenvalue weighted by molar-refractivity contribution is 0.550. The average molecular weight is 180 g/mol. The van der Waals surface area contributed by atoms with E-state index in [1.165, 1.54) is 4.88 Å². The third kappa shape index (κ3) is 2.33. The van der Waals surface area contributed by atoms with Gasteiger partial charge in [-0.15, -0.1) is 11.3 Å². The zero-order valence-corrected chi connectivity index (χ0v) is 8.06. The first kappa shape index (κ1) is 9.24. The molecule has 0 aliphatic heterocycles. The maximum Gasteiger partial charge on any atom is 0.0929 e. The first-order valence-electron chi connectivity index (χ1n) is 3.93. The van der Waals surface area contributed by atoms with Crippen LogP contribution in [0.3, 0.4) is 0 Å². The first-order chi connectivity index (χ1) is 5.74. The van der Waals surface area contributed by atoms with E-state index in [2.05, 4.69) is 24.4 Å². The number of hydrogen-bond donors (Lipinski definition) is 1. The second-order valence-electron chi connectivity index (χ2n) is 2.75. The summed E-state index contributed by atoms with van der Waals surface area (Å²) >= 11 is 1.71. The SMILES string of the molecule is CC(C#N)N[C@H](C)c1cccs1. The second kappa shape index (κ2) is 4.24. The maximum absolute atomic E-state index is 8.57. The Balaban J connectivity index is 2.51. The lowest BCUT2D eigenvalue weighted by Crippen LogP contribution is -2.26. The Hall–Kier alpha value is -0.850. The molecule has 0 bridgehead atoms. The van der Waals surface area contributed by atoms with Gasteiger partial charge < -0.3 is 0 Å². The van der Waals surface area contributed by atoms with Crippen LogP contribution >= 0.6 is 11.3 Å². The summed E-state index contributed by atoms with van der Waals surface area (Å²) < 4.78 is 0. The van der Waals surface area contributed by atoms with Crippen molar-refractivity contribution in [2.24, 2.45) is 0 Å². The quantitative estimate of drug-likeness (QED) is 0.774. The van der Waals surface area contributed by atoms with E-state index >= 15 is 0 Å². The highest BCUT2D eigenvalue weighted by Gasteiger charge is 2.08. The molecule has 1 unspecified atom stereocenters. The molecular formula is C9H12N2S. The van der Waals surface area contributed by atoms with Gasteiger partial charge in [-0.2, -0.15) is 5.26 Å². The molecule has 2 atom stereocenters. The number of nitrogens with one attached hydrogen (secondary N) is 1. The van der Waals surface area contributed by atoms with Gasteiger partial charge in [0.2, 0.25) is 0 Å². The standard InChI is InChI=1S/C9H12N2S/c1-7(6-10)11-8(2)9-4-3-5-12-9/h3-5,7-8,11H,1-2H3/t7?,8-/m1/s1. The second-order valence-corrected chi connectivity index (χ2v) is 3.73. The van der Waals surface area contributed by atoms with Crippen molar-refractivity contribution < 1.29 is 0 Å². The summed E-state index contributed by atoms with van der Waals surface area (Å²) in [6.45, 7) is 3.93. The van der Waals surface area contributed by atoms with Gasteiger partial charge in [0.15, 0.2) is 0 Å². The zero-order chi connectivity index (χ0) is 8.97. The Kier molecular flexibility index (Phi) is 3.27. The number of nitrogens with zero attached hydrogens (tertiary/aromatic N) is 1. The van der Waals surface area contributed by atoms with Crippen LogP contribution in [-0.4, -0.2) is 6.04 Å². The van der Waals surface area contributed by atoms with E-state index < -0.39 is 0 Å². The van der Waals surface area contributed by atoms with Gasteiger partial charge in [0, 0.05) is 10.9 Å². The van der Waals surface area contributed by atoms with Crippen molar-refractivity contribution in [1.82, 2.24) is 5.32 Å². The van der Waals surface area contributed by atoms with Crippen molar-refractivity contribution >= 4 is 11.3 Å². The molecule has 0 fully saturated rings. The van der Waals surface area contributed by atoms with Crippen LogP contribution in [0.25, 0.3) is 0 Å². The van der Waals surface area contributed by atoms with E-state index in [0.29, 0.717) is 0 Å². The molecule has 3 heteroatoms. The van der Waals surface area contributed by atoms with Crippen molar-refractivity contribution in [2.45, 2.75) is 25.9 Å². The Morgan fingerprint density at radius 3 is 2.83 bits per heavy atom. The molecular weight excluding hydrogens is 168 g/mol. The van der Waals surface area contributed by atoms with Crippen LogP contribution in [0.5, 0.6) is 0 Å². The fourth-order valence-corrected chi connectivity index (χ4v) is 1.78. The molecule has 12 heavy (non-hydrogen) atoms. The van der Waals surface area contributed by atoms with Gasteiger partial charge in [-0.05, 0) is 25.3 Å². The van der Waals surface area contributed by atoms with Gasteiger partial charge in [-0.3, -0.25) is 5.32 Å². The summed E-state index contributed by atoms with van der Waals surface area (Å²) in [5, 5.41) is 13.8. The van der Waals surface area contributed by atoms with Crippen molar-refractivity contribution in [3.63, 3.8) is 0 Å². The summed E-state index contributed by atoms with van der Waals surface area (Å²) in [4.78, 5) is 1.28. The number of thiophene rings is 1. The highest BCUT2D eigenvalue weighted by Crippen LogP contribution is 2.18. The highest BCUT2D eigenvalue weighted by atomic mass is 32.1. The van der Waals surface area contributed by atoms with Gasteiger partial charge in [0.1, 0.15) is 0 Å². The van der Waals surface area contributed by atoms with E-state index in [-0.39, 0.29) is 12.1 Å². The Labute approximate surface area is 76.8 Å². The third-order valence-corrected chi connectivity index (χ3v) is 2.72. The van der Waals surface area contributed by atoms with Crippen molar-refractivity contribution in [1.29, 1.82) is 5.26 Å². The third-order valence-electron chi connectivity index (χ3n) is 1.66. The molecule has 1 rings (SSSR count). The molecule has 0 aromatic carbocycles. The summed E-state index contributed by atoms with van der Waals surface area (Å²) in [6, 6.07) is 6.45. The molecule has 1 aromatic rings. The lowest BCUT2D eigenvalue weighted by Gasteiger charge is -2.12. The minimum Gasteiger partial charge on any atom is -0.295 e. The highest BCUT2D eigenvalue weighted by molar-refractivity contribution is 7.10. The van der Waals surface area contributed by atoms with Crippen LogP contribution in [0.4, 0.5) is 0 Å². The fraction of sp³-hybridized carbons (Fsp3) is 0.444. The molecule has 0 aliphatic carbocycles. The zero-order valence-electron chi connectivity index (χ0n) is 7.24. The van der Waals surface area contributed by atoms with Crippen LogP contribution in [0.1, 0.15) is 24.8 Å². The first-order valence-corrected chi connectivity index (χ1v) is 4.81. The molecule has 0 amide bonds. The number of rotatable bonds is 3. The minimum absolute atomic E-state index is 0.0814. The minimum atomic E-state index is -0.0814. The van der Waals surface area contributed by atoms with E-state index in [1.54, 1.807) is 11.3 Å². The lowest BCUT2D eigenvalue weighted by atomic mass is 10.2. The maximum atomic E-state index is 8.57.